The van der Waals surface area contributed by atoms with E-state index in [0.717, 1.165) is 6.26 Å². The Labute approximate surface area is 80.2 Å². The second kappa shape index (κ2) is 3.18. The second-order valence-electron chi connectivity index (χ2n) is 2.56. The summed E-state index contributed by atoms with van der Waals surface area (Å²) in [5.74, 6) is -0.232. The summed E-state index contributed by atoms with van der Waals surface area (Å²) in [6, 6.07) is 7.15. The molecule has 0 spiro atoms. The highest BCUT2D eigenvalue weighted by Crippen LogP contribution is 2.31. The highest BCUT2D eigenvalue weighted by atomic mass is 35.5. The zero-order valence-corrected chi connectivity index (χ0v) is 7.36. The van der Waals surface area contributed by atoms with Crippen LogP contribution >= 0.6 is 11.6 Å². The molecule has 1 aliphatic heterocycles. The lowest BCUT2D eigenvalue weighted by Crippen LogP contribution is -1.99. The molecule has 0 aliphatic carbocycles. The van der Waals surface area contributed by atoms with Crippen LogP contribution in [0.25, 0.3) is 0 Å². The molecular weight excluding hydrogens is 192 g/mol. The molecule has 1 aromatic rings. The second-order valence-corrected chi connectivity index (χ2v) is 2.97. The lowest BCUT2D eigenvalue weighted by atomic mass is 10.2. The minimum absolute atomic E-state index is 0.232. The maximum Gasteiger partial charge on any atom is 0.316 e. The summed E-state index contributed by atoms with van der Waals surface area (Å²) in [5.41, 5.74) is 0.699. The summed E-state index contributed by atoms with van der Waals surface area (Å²) in [4.78, 5) is 0. The Morgan fingerprint density at radius 1 is 1.31 bits per heavy atom. The summed E-state index contributed by atoms with van der Waals surface area (Å²) in [6.07, 6.45) is 0.516. The van der Waals surface area contributed by atoms with Gasteiger partial charge in [0.05, 0.1) is 10.6 Å². The van der Waals surface area contributed by atoms with Crippen LogP contribution in [0, 0.1) is 0 Å². The van der Waals surface area contributed by atoms with Crippen molar-refractivity contribution in [3.8, 4) is 0 Å². The van der Waals surface area contributed by atoms with Gasteiger partial charge in [0.1, 0.15) is 0 Å². The lowest BCUT2D eigenvalue weighted by molar-refractivity contribution is -0.0600. The highest BCUT2D eigenvalue weighted by Gasteiger charge is 2.22. The predicted octanol–water partition coefficient (Wildman–Crippen LogP) is 2.74. The van der Waals surface area contributed by atoms with Gasteiger partial charge >= 0.3 is 5.95 Å². The quantitative estimate of drug-likeness (QED) is 0.754. The molecule has 1 atom stereocenters. The fraction of sp³-hybridized carbons (Fsp3) is 0.111. The Morgan fingerprint density at radius 2 is 2.08 bits per heavy atom. The third kappa shape index (κ3) is 1.55. The van der Waals surface area contributed by atoms with Crippen LogP contribution < -0.4 is 0 Å². The normalized spacial score (nSPS) is 20.4. The molecule has 13 heavy (non-hydrogen) atoms. The van der Waals surface area contributed by atoms with Crippen LogP contribution in [0.4, 0.5) is 0 Å². The molecule has 68 valence electrons. The zero-order valence-electron chi connectivity index (χ0n) is 6.61. The predicted molar refractivity (Wildman–Crippen MR) is 47.1 cm³/mol. The summed E-state index contributed by atoms with van der Waals surface area (Å²) >= 11 is 5.89. The third-order valence-electron chi connectivity index (χ3n) is 1.68. The average molecular weight is 199 g/mol. The van der Waals surface area contributed by atoms with Crippen molar-refractivity contribution in [1.29, 1.82) is 0 Å². The topological polar surface area (TPSA) is 38.7 Å². The summed E-state index contributed by atoms with van der Waals surface area (Å²) in [6.45, 7) is 0. The van der Waals surface area contributed by atoms with Crippen molar-refractivity contribution < 1.29 is 14.6 Å². The van der Waals surface area contributed by atoms with Crippen LogP contribution in [0.2, 0.25) is 5.02 Å². The van der Waals surface area contributed by atoms with E-state index in [1.165, 1.54) is 0 Å². The van der Waals surface area contributed by atoms with Gasteiger partial charge in [0, 0.05) is 0 Å². The molecule has 2 rings (SSSR count). The third-order valence-corrected chi connectivity index (χ3v) is 2.02. The minimum atomic E-state index is -0.631. The van der Waals surface area contributed by atoms with Crippen molar-refractivity contribution in [2.45, 2.75) is 6.29 Å². The van der Waals surface area contributed by atoms with Gasteiger partial charge in [0.15, 0.2) is 6.26 Å². The van der Waals surface area contributed by atoms with Crippen LogP contribution in [0.15, 0.2) is 36.5 Å². The van der Waals surface area contributed by atoms with Crippen molar-refractivity contribution in [1.82, 2.24) is 0 Å². The van der Waals surface area contributed by atoms with Gasteiger partial charge in [-0.25, -0.2) is 0 Å². The van der Waals surface area contributed by atoms with E-state index in [4.69, 9.17) is 26.2 Å². The molecule has 0 radical (unpaired) electrons. The van der Waals surface area contributed by atoms with Crippen molar-refractivity contribution in [3.63, 3.8) is 0 Å². The monoisotopic (exact) mass is 198 g/mol. The molecule has 1 aliphatic rings. The van der Waals surface area contributed by atoms with Crippen LogP contribution in [-0.2, 0) is 9.47 Å². The number of aliphatic hydroxyl groups excluding tert-OH is 1. The number of benzene rings is 1. The van der Waals surface area contributed by atoms with Gasteiger partial charge in [-0.05, 0) is 6.07 Å². The van der Waals surface area contributed by atoms with E-state index in [9.17, 15) is 0 Å². The van der Waals surface area contributed by atoms with Gasteiger partial charge in [-0.3, -0.25) is 0 Å². The van der Waals surface area contributed by atoms with Gasteiger partial charge < -0.3 is 14.6 Å². The Bertz CT molecular complexity index is 348. The minimum Gasteiger partial charge on any atom is -0.479 e. The molecule has 4 heteroatoms. The van der Waals surface area contributed by atoms with Crippen LogP contribution in [-0.4, -0.2) is 5.11 Å². The molecule has 1 N–H and O–H groups in total. The average Bonchev–Trinajstić information content (AvgIpc) is 2.53. The number of hydrogen-bond acceptors (Lipinski definition) is 3. The first-order chi connectivity index (χ1) is 6.27. The van der Waals surface area contributed by atoms with Gasteiger partial charge in [0.25, 0.3) is 6.29 Å². The molecular formula is C9H7ClO3. The first-order valence-electron chi connectivity index (χ1n) is 3.73. The van der Waals surface area contributed by atoms with Gasteiger partial charge in [-0.1, -0.05) is 29.8 Å². The molecule has 0 fully saturated rings. The maximum absolute atomic E-state index is 8.92. The number of rotatable bonds is 1. The van der Waals surface area contributed by atoms with E-state index < -0.39 is 6.29 Å². The highest BCUT2D eigenvalue weighted by molar-refractivity contribution is 6.31. The van der Waals surface area contributed by atoms with Crippen molar-refractivity contribution in [2.75, 3.05) is 0 Å². The van der Waals surface area contributed by atoms with Crippen LogP contribution in [0.1, 0.15) is 11.9 Å². The van der Waals surface area contributed by atoms with E-state index in [-0.39, 0.29) is 5.95 Å². The lowest BCUT2D eigenvalue weighted by Gasteiger charge is -2.11. The number of ether oxygens (including phenoxy) is 2. The van der Waals surface area contributed by atoms with Gasteiger partial charge in [0.2, 0.25) is 0 Å². The fourth-order valence-electron chi connectivity index (χ4n) is 1.09. The Kier molecular flexibility index (Phi) is 2.02. The van der Waals surface area contributed by atoms with E-state index in [1.54, 1.807) is 12.1 Å². The zero-order chi connectivity index (χ0) is 9.26. The van der Waals surface area contributed by atoms with Crippen LogP contribution in [0.5, 0.6) is 0 Å². The smallest absolute Gasteiger partial charge is 0.316 e. The van der Waals surface area contributed by atoms with Crippen LogP contribution in [0.3, 0.4) is 0 Å². The molecule has 0 aromatic heterocycles. The van der Waals surface area contributed by atoms with E-state index >= 15 is 0 Å². The van der Waals surface area contributed by atoms with Gasteiger partial charge in [-0.2, -0.15) is 0 Å². The summed E-state index contributed by atoms with van der Waals surface area (Å²) in [5, 5.41) is 9.47. The standard InChI is InChI=1S/C9H7ClO3/c10-7-4-2-1-3-6(7)9-12-5-8(11)13-9/h1-5,9,11H. The Morgan fingerprint density at radius 3 is 2.69 bits per heavy atom. The molecule has 0 saturated carbocycles. The first-order valence-corrected chi connectivity index (χ1v) is 4.11. The van der Waals surface area contributed by atoms with Crippen molar-refractivity contribution >= 4 is 11.6 Å². The molecule has 0 bridgehead atoms. The molecule has 0 amide bonds. The molecule has 1 aromatic carbocycles. The van der Waals surface area contributed by atoms with Gasteiger partial charge in [-0.15, -0.1) is 0 Å². The molecule has 1 unspecified atom stereocenters. The maximum atomic E-state index is 8.92. The fourth-order valence-corrected chi connectivity index (χ4v) is 1.31. The van der Waals surface area contributed by atoms with E-state index in [1.807, 2.05) is 12.1 Å². The first kappa shape index (κ1) is 8.26. The SMILES string of the molecule is OC1=COC(c2ccccc2Cl)O1. The van der Waals surface area contributed by atoms with Crippen molar-refractivity contribution in [2.24, 2.45) is 0 Å². The van der Waals surface area contributed by atoms with Crippen molar-refractivity contribution in [3.05, 3.63) is 47.1 Å². The number of aliphatic hydroxyl groups is 1. The Hall–Kier alpha value is -1.35. The molecule has 0 saturated heterocycles. The largest absolute Gasteiger partial charge is 0.479 e. The Balaban J connectivity index is 2.23. The number of hydrogen-bond donors (Lipinski definition) is 1. The molecule has 3 nitrogen and oxygen atoms in total. The number of halogens is 1. The summed E-state index contributed by atoms with van der Waals surface area (Å²) < 4.78 is 9.95. The summed E-state index contributed by atoms with van der Waals surface area (Å²) in [7, 11) is 0. The molecule has 1 heterocycles. The van der Waals surface area contributed by atoms with E-state index in [0.29, 0.717) is 10.6 Å². The van der Waals surface area contributed by atoms with E-state index in [2.05, 4.69) is 0 Å².